The summed E-state index contributed by atoms with van der Waals surface area (Å²) in [5.74, 6) is 1.75. The highest BCUT2D eigenvalue weighted by molar-refractivity contribution is 5.37. The highest BCUT2D eigenvalue weighted by Crippen LogP contribution is 2.15. The van der Waals surface area contributed by atoms with E-state index in [0.29, 0.717) is 0 Å². The number of hydrogen-bond acceptors (Lipinski definition) is 4. The van der Waals surface area contributed by atoms with Crippen molar-refractivity contribution in [3.8, 4) is 5.75 Å². The molecule has 1 aromatic carbocycles. The molecule has 0 spiro atoms. The minimum Gasteiger partial charge on any atom is -0.497 e. The number of methoxy groups -OCH3 is 1. The minimum absolute atomic E-state index is 0.794. The predicted octanol–water partition coefficient (Wildman–Crippen LogP) is 2.43. The van der Waals surface area contributed by atoms with Gasteiger partial charge in [-0.3, -0.25) is 4.98 Å². The number of rotatable bonds is 4. The lowest BCUT2D eigenvalue weighted by molar-refractivity contribution is 0.414. The van der Waals surface area contributed by atoms with Gasteiger partial charge in [0.05, 0.1) is 19.0 Å². The van der Waals surface area contributed by atoms with Gasteiger partial charge in [0.1, 0.15) is 11.6 Å². The maximum atomic E-state index is 5.14. The summed E-state index contributed by atoms with van der Waals surface area (Å²) < 4.78 is 5.14. The Balaban J connectivity index is 2.08. The van der Waals surface area contributed by atoms with Crippen LogP contribution in [0.25, 0.3) is 0 Å². The molecule has 0 atom stereocenters. The van der Waals surface area contributed by atoms with Crippen LogP contribution in [-0.4, -0.2) is 24.1 Å². The van der Waals surface area contributed by atoms with Crippen molar-refractivity contribution in [3.63, 3.8) is 0 Å². The van der Waals surface area contributed by atoms with Crippen LogP contribution in [0.4, 0.5) is 5.82 Å². The van der Waals surface area contributed by atoms with Gasteiger partial charge in [0.2, 0.25) is 0 Å². The molecule has 0 fully saturated rings. The van der Waals surface area contributed by atoms with Crippen LogP contribution in [0.15, 0.2) is 36.7 Å². The molecule has 4 nitrogen and oxygen atoms in total. The van der Waals surface area contributed by atoms with Crippen LogP contribution in [0.3, 0.4) is 0 Å². The lowest BCUT2D eigenvalue weighted by Gasteiger charge is -2.18. The first-order valence-electron chi connectivity index (χ1n) is 5.82. The molecule has 0 saturated heterocycles. The molecule has 1 heterocycles. The summed E-state index contributed by atoms with van der Waals surface area (Å²) >= 11 is 0. The van der Waals surface area contributed by atoms with Crippen molar-refractivity contribution in [3.05, 3.63) is 47.9 Å². The number of ether oxygens (including phenoxy) is 1. The van der Waals surface area contributed by atoms with Crippen molar-refractivity contribution in [1.29, 1.82) is 0 Å². The van der Waals surface area contributed by atoms with Crippen molar-refractivity contribution >= 4 is 5.82 Å². The van der Waals surface area contributed by atoms with Gasteiger partial charge in [-0.1, -0.05) is 12.1 Å². The third-order valence-electron chi connectivity index (χ3n) is 2.71. The first-order chi connectivity index (χ1) is 8.69. The number of nitrogens with zero attached hydrogens (tertiary/aromatic N) is 3. The number of aromatic nitrogens is 2. The van der Waals surface area contributed by atoms with Crippen molar-refractivity contribution in [2.75, 3.05) is 19.1 Å². The lowest BCUT2D eigenvalue weighted by atomic mass is 10.2. The Morgan fingerprint density at radius 2 is 1.89 bits per heavy atom. The molecule has 1 aromatic heterocycles. The largest absolute Gasteiger partial charge is 0.497 e. The van der Waals surface area contributed by atoms with Crippen LogP contribution in [0.5, 0.6) is 5.75 Å². The molecule has 0 amide bonds. The average molecular weight is 243 g/mol. The monoisotopic (exact) mass is 243 g/mol. The second kappa shape index (κ2) is 5.49. The average Bonchev–Trinajstić information content (AvgIpc) is 2.39. The van der Waals surface area contributed by atoms with Gasteiger partial charge < -0.3 is 9.64 Å². The Labute approximate surface area is 107 Å². The fourth-order valence-electron chi connectivity index (χ4n) is 1.72. The molecule has 0 saturated carbocycles. The lowest BCUT2D eigenvalue weighted by Crippen LogP contribution is -2.18. The maximum absolute atomic E-state index is 5.14. The van der Waals surface area contributed by atoms with Crippen LogP contribution >= 0.6 is 0 Å². The number of hydrogen-bond donors (Lipinski definition) is 0. The van der Waals surface area contributed by atoms with Gasteiger partial charge >= 0.3 is 0 Å². The summed E-state index contributed by atoms with van der Waals surface area (Å²) in [4.78, 5) is 10.7. The Hall–Kier alpha value is -2.10. The highest BCUT2D eigenvalue weighted by atomic mass is 16.5. The van der Waals surface area contributed by atoms with Gasteiger partial charge in [0.15, 0.2) is 0 Å². The molecule has 0 N–H and O–H groups in total. The maximum Gasteiger partial charge on any atom is 0.147 e. The van der Waals surface area contributed by atoms with E-state index in [1.165, 1.54) is 5.56 Å². The summed E-state index contributed by atoms with van der Waals surface area (Å²) in [6.45, 7) is 2.74. The molecule has 0 radical (unpaired) electrons. The summed E-state index contributed by atoms with van der Waals surface area (Å²) in [5, 5.41) is 0. The van der Waals surface area contributed by atoms with E-state index in [9.17, 15) is 0 Å². The van der Waals surface area contributed by atoms with Gasteiger partial charge in [-0.15, -0.1) is 0 Å². The Morgan fingerprint density at radius 3 is 2.50 bits per heavy atom. The van der Waals surface area contributed by atoms with E-state index in [1.807, 2.05) is 26.1 Å². The SMILES string of the molecule is COc1ccc(CN(C)c2cncc(C)n2)cc1. The standard InChI is InChI=1S/C14H17N3O/c1-11-8-15-9-14(16-11)17(2)10-12-4-6-13(18-3)7-5-12/h4-9H,10H2,1-3H3. The van der Waals surface area contributed by atoms with Crippen LogP contribution in [0.1, 0.15) is 11.3 Å². The third kappa shape index (κ3) is 2.97. The van der Waals surface area contributed by atoms with Crippen LogP contribution in [-0.2, 0) is 6.54 Å². The van der Waals surface area contributed by atoms with Gasteiger partial charge in [0.25, 0.3) is 0 Å². The molecule has 18 heavy (non-hydrogen) atoms. The first kappa shape index (κ1) is 12.4. The van der Waals surface area contributed by atoms with Crippen molar-refractivity contribution in [2.24, 2.45) is 0 Å². The van der Waals surface area contributed by atoms with Gasteiger partial charge in [-0.05, 0) is 24.6 Å². The first-order valence-corrected chi connectivity index (χ1v) is 5.82. The van der Waals surface area contributed by atoms with Crippen LogP contribution in [0.2, 0.25) is 0 Å². The minimum atomic E-state index is 0.794. The van der Waals surface area contributed by atoms with E-state index in [-0.39, 0.29) is 0 Å². The van der Waals surface area contributed by atoms with Crippen molar-refractivity contribution in [1.82, 2.24) is 9.97 Å². The molecule has 0 aliphatic rings. The molecule has 94 valence electrons. The van der Waals surface area contributed by atoms with E-state index >= 15 is 0 Å². The summed E-state index contributed by atoms with van der Waals surface area (Å²) in [7, 11) is 3.68. The van der Waals surface area contributed by atoms with Crippen molar-refractivity contribution in [2.45, 2.75) is 13.5 Å². The molecular formula is C14H17N3O. The quantitative estimate of drug-likeness (QED) is 0.826. The molecule has 2 aromatic rings. The molecule has 2 rings (SSSR count). The summed E-state index contributed by atoms with van der Waals surface area (Å²) in [5.41, 5.74) is 2.13. The summed E-state index contributed by atoms with van der Waals surface area (Å²) in [6, 6.07) is 8.04. The van der Waals surface area contributed by atoms with Crippen LogP contribution < -0.4 is 9.64 Å². The number of anilines is 1. The van der Waals surface area contributed by atoms with Gasteiger partial charge in [0, 0.05) is 19.8 Å². The Morgan fingerprint density at radius 1 is 1.17 bits per heavy atom. The molecule has 0 aliphatic carbocycles. The number of benzene rings is 1. The van der Waals surface area contributed by atoms with E-state index in [1.54, 1.807) is 19.5 Å². The van der Waals surface area contributed by atoms with Crippen molar-refractivity contribution < 1.29 is 4.74 Å². The zero-order valence-corrected chi connectivity index (χ0v) is 10.9. The fourth-order valence-corrected chi connectivity index (χ4v) is 1.72. The zero-order valence-electron chi connectivity index (χ0n) is 10.9. The number of aryl methyl sites for hydroxylation is 1. The van der Waals surface area contributed by atoms with E-state index in [2.05, 4.69) is 27.0 Å². The van der Waals surface area contributed by atoms with E-state index < -0.39 is 0 Å². The second-order valence-electron chi connectivity index (χ2n) is 4.22. The fraction of sp³-hybridized carbons (Fsp3) is 0.286. The zero-order chi connectivity index (χ0) is 13.0. The Kier molecular flexibility index (Phi) is 3.77. The van der Waals surface area contributed by atoms with E-state index in [0.717, 1.165) is 23.8 Å². The highest BCUT2D eigenvalue weighted by Gasteiger charge is 2.04. The Bertz CT molecular complexity index is 511. The summed E-state index contributed by atoms with van der Waals surface area (Å²) in [6.07, 6.45) is 3.53. The second-order valence-corrected chi connectivity index (χ2v) is 4.22. The smallest absolute Gasteiger partial charge is 0.147 e. The topological polar surface area (TPSA) is 38.2 Å². The van der Waals surface area contributed by atoms with Gasteiger partial charge in [-0.25, -0.2) is 4.98 Å². The van der Waals surface area contributed by atoms with Gasteiger partial charge in [-0.2, -0.15) is 0 Å². The molecular weight excluding hydrogens is 226 g/mol. The molecule has 0 unspecified atom stereocenters. The van der Waals surface area contributed by atoms with E-state index in [4.69, 9.17) is 4.74 Å². The normalized spacial score (nSPS) is 10.2. The molecule has 4 heteroatoms. The third-order valence-corrected chi connectivity index (χ3v) is 2.71. The molecule has 0 bridgehead atoms. The molecule has 0 aliphatic heterocycles. The predicted molar refractivity (Wildman–Crippen MR) is 71.9 cm³/mol. The van der Waals surface area contributed by atoms with Crippen LogP contribution in [0, 0.1) is 6.92 Å².